The van der Waals surface area contributed by atoms with Crippen LogP contribution in [-0.4, -0.2) is 28.2 Å². The Morgan fingerprint density at radius 3 is 2.47 bits per heavy atom. The van der Waals surface area contributed by atoms with Crippen molar-refractivity contribution in [3.8, 4) is 0 Å². The summed E-state index contributed by atoms with van der Waals surface area (Å²) in [6.45, 7) is 1.67. The number of carbonyl (C=O) groups is 1. The number of benzene rings is 2. The minimum atomic E-state index is -1.82. The number of rotatable bonds is 9. The fourth-order valence-electron chi connectivity index (χ4n) is 3.49. The molecule has 1 heterocycles. The van der Waals surface area contributed by atoms with Crippen molar-refractivity contribution in [2.75, 3.05) is 17.1 Å². The molecule has 4 rings (SSSR count). The number of hydrogen-bond donors (Lipinski definition) is 4. The second-order valence-corrected chi connectivity index (χ2v) is 9.48. The average molecular weight is 522 g/mol. The predicted octanol–water partition coefficient (Wildman–Crippen LogP) is 4.38. The van der Waals surface area contributed by atoms with E-state index in [4.69, 9.17) is 0 Å². The number of aryl methyl sites for hydroxylation is 1. The molecule has 0 aliphatic heterocycles. The first-order valence-electron chi connectivity index (χ1n) is 11.0. The molecule has 7 nitrogen and oxygen atoms in total. The summed E-state index contributed by atoms with van der Waals surface area (Å²) in [4.78, 5) is 16.7. The minimum absolute atomic E-state index is 0.0715. The number of carbonyl (C=O) groups excluding carboxylic acids is 1. The lowest BCUT2D eigenvalue weighted by atomic mass is 9.99. The highest BCUT2D eigenvalue weighted by atomic mass is 32.2. The molecule has 0 spiro atoms. The van der Waals surface area contributed by atoms with Crippen molar-refractivity contribution in [2.45, 2.75) is 32.2 Å². The van der Waals surface area contributed by atoms with Gasteiger partial charge in [0.2, 0.25) is 0 Å². The summed E-state index contributed by atoms with van der Waals surface area (Å²) in [6.07, 6.45) is 2.30. The van der Waals surface area contributed by atoms with Crippen molar-refractivity contribution < 1.29 is 26.6 Å². The van der Waals surface area contributed by atoms with E-state index in [1.165, 1.54) is 31.4 Å². The third-order valence-corrected chi connectivity index (χ3v) is 6.30. The standard InChI is InChI=1S/C24H23F4N5O2S/c1-12-3-6-18(17(25)9-12)32-22-16(24(34)31-15-4-5-15)11-14(19(26)21(22)28)10-13-7-8-30-23(20(13)27)33-36(35)29-2/h3,6-9,11,15,29,32H,4-5,10H2,1-2H3,(H,30,33)(H,31,34). The number of nitrogens with one attached hydrogen (secondary N) is 4. The summed E-state index contributed by atoms with van der Waals surface area (Å²) >= 11 is -1.82. The van der Waals surface area contributed by atoms with Crippen LogP contribution in [0.2, 0.25) is 0 Å². The summed E-state index contributed by atoms with van der Waals surface area (Å²) in [6, 6.07) is 6.44. The molecule has 190 valence electrons. The fourth-order valence-corrected chi connectivity index (χ4v) is 3.91. The fraction of sp³-hybridized carbons (Fsp3) is 0.250. The Hall–Kier alpha value is -3.51. The molecule has 1 fully saturated rings. The van der Waals surface area contributed by atoms with E-state index in [0.29, 0.717) is 5.56 Å². The summed E-state index contributed by atoms with van der Waals surface area (Å²) < 4.78 is 76.2. The Bertz CT molecular complexity index is 1350. The van der Waals surface area contributed by atoms with Crippen LogP contribution in [0.1, 0.15) is 39.9 Å². The van der Waals surface area contributed by atoms with Gasteiger partial charge in [-0.25, -0.2) is 31.5 Å². The number of amides is 1. The van der Waals surface area contributed by atoms with E-state index in [2.05, 4.69) is 25.1 Å². The number of pyridine rings is 1. The van der Waals surface area contributed by atoms with Crippen LogP contribution in [-0.2, 0) is 17.6 Å². The Kier molecular flexibility index (Phi) is 7.55. The van der Waals surface area contributed by atoms with Gasteiger partial charge in [-0.3, -0.25) is 9.52 Å². The maximum Gasteiger partial charge on any atom is 0.253 e. The average Bonchev–Trinajstić information content (AvgIpc) is 3.66. The Morgan fingerprint density at radius 2 is 1.81 bits per heavy atom. The molecule has 1 aromatic heterocycles. The van der Waals surface area contributed by atoms with Gasteiger partial charge < -0.3 is 10.6 Å². The summed E-state index contributed by atoms with van der Waals surface area (Å²) in [5, 5.41) is 5.22. The highest BCUT2D eigenvalue weighted by molar-refractivity contribution is 7.84. The van der Waals surface area contributed by atoms with Crippen molar-refractivity contribution in [3.63, 3.8) is 0 Å². The summed E-state index contributed by atoms with van der Waals surface area (Å²) in [5.74, 6) is -5.36. The number of anilines is 3. The lowest BCUT2D eigenvalue weighted by Gasteiger charge is -2.17. The second-order valence-electron chi connectivity index (χ2n) is 8.33. The molecule has 1 aliphatic carbocycles. The molecule has 12 heteroatoms. The van der Waals surface area contributed by atoms with Gasteiger partial charge in [0.15, 0.2) is 34.4 Å². The Labute approximate surface area is 207 Å². The maximum atomic E-state index is 15.3. The molecular weight excluding hydrogens is 498 g/mol. The topological polar surface area (TPSA) is 95.2 Å². The first-order valence-corrected chi connectivity index (χ1v) is 12.2. The van der Waals surface area contributed by atoms with Gasteiger partial charge in [-0.1, -0.05) is 6.07 Å². The van der Waals surface area contributed by atoms with Crippen molar-refractivity contribution in [1.29, 1.82) is 0 Å². The molecule has 1 amide bonds. The lowest BCUT2D eigenvalue weighted by molar-refractivity contribution is 0.0951. The van der Waals surface area contributed by atoms with E-state index in [1.54, 1.807) is 13.0 Å². The van der Waals surface area contributed by atoms with Gasteiger partial charge in [0.05, 0.1) is 16.9 Å². The quantitative estimate of drug-likeness (QED) is 0.314. The predicted molar refractivity (Wildman–Crippen MR) is 129 cm³/mol. The first kappa shape index (κ1) is 25.6. The van der Waals surface area contributed by atoms with E-state index < -0.39 is 52.5 Å². The number of nitrogens with zero attached hydrogens (tertiary/aromatic N) is 1. The van der Waals surface area contributed by atoms with Crippen molar-refractivity contribution in [3.05, 3.63) is 82.1 Å². The number of aromatic nitrogens is 1. The van der Waals surface area contributed by atoms with Gasteiger partial charge in [-0.15, -0.1) is 0 Å². The van der Waals surface area contributed by atoms with Gasteiger partial charge >= 0.3 is 0 Å². The molecule has 36 heavy (non-hydrogen) atoms. The molecule has 4 N–H and O–H groups in total. The summed E-state index contributed by atoms with van der Waals surface area (Å²) in [5.41, 5.74) is -0.662. The van der Waals surface area contributed by atoms with E-state index in [-0.39, 0.29) is 34.2 Å². The maximum absolute atomic E-state index is 15.3. The Morgan fingerprint density at radius 1 is 1.06 bits per heavy atom. The zero-order chi connectivity index (χ0) is 26.0. The van der Waals surface area contributed by atoms with Crippen molar-refractivity contribution in [2.24, 2.45) is 0 Å². The molecule has 1 unspecified atom stereocenters. The first-order chi connectivity index (χ1) is 17.2. The molecule has 2 aromatic carbocycles. The lowest BCUT2D eigenvalue weighted by Crippen LogP contribution is -2.27. The normalized spacial score (nSPS) is 13.8. The van der Waals surface area contributed by atoms with Crippen molar-refractivity contribution in [1.82, 2.24) is 15.0 Å². The molecule has 1 aliphatic rings. The Balaban J connectivity index is 1.74. The van der Waals surface area contributed by atoms with E-state index in [9.17, 15) is 17.8 Å². The molecule has 3 aromatic rings. The molecule has 0 bridgehead atoms. The highest BCUT2D eigenvalue weighted by Gasteiger charge is 2.29. The van der Waals surface area contributed by atoms with Crippen LogP contribution in [0.4, 0.5) is 34.8 Å². The number of halogens is 4. The molecule has 0 saturated heterocycles. The van der Waals surface area contributed by atoms with Crippen LogP contribution >= 0.6 is 0 Å². The molecule has 1 saturated carbocycles. The van der Waals surface area contributed by atoms with Gasteiger partial charge in [0.1, 0.15) is 5.82 Å². The summed E-state index contributed by atoms with van der Waals surface area (Å²) in [7, 11) is 1.38. The molecular formula is C24H23F4N5O2S. The van der Waals surface area contributed by atoms with Crippen molar-refractivity contribution >= 4 is 34.3 Å². The third kappa shape index (κ3) is 5.65. The second kappa shape index (κ2) is 10.6. The van der Waals surface area contributed by atoms with Crippen LogP contribution in [0.5, 0.6) is 0 Å². The minimum Gasteiger partial charge on any atom is -0.350 e. The SMILES string of the molecule is CNS(=O)Nc1nccc(Cc2cc(C(=O)NC3CC3)c(Nc3ccc(C)cc3F)c(F)c2F)c1F. The number of hydrogen-bond acceptors (Lipinski definition) is 4. The molecule has 0 radical (unpaired) electrons. The smallest absolute Gasteiger partial charge is 0.253 e. The van der Waals surface area contributed by atoms with Crippen LogP contribution in [0.3, 0.4) is 0 Å². The van der Waals surface area contributed by atoms with E-state index >= 15 is 8.78 Å². The van der Waals surface area contributed by atoms with Crippen LogP contribution in [0.15, 0.2) is 36.5 Å². The van der Waals surface area contributed by atoms with E-state index in [0.717, 1.165) is 18.9 Å². The van der Waals surface area contributed by atoms with Gasteiger partial charge in [-0.05, 0) is 67.8 Å². The molecule has 1 atom stereocenters. The largest absolute Gasteiger partial charge is 0.350 e. The van der Waals surface area contributed by atoms with Crippen LogP contribution in [0, 0.1) is 30.2 Å². The third-order valence-electron chi connectivity index (χ3n) is 5.55. The van der Waals surface area contributed by atoms with Crippen LogP contribution < -0.4 is 20.1 Å². The van der Waals surface area contributed by atoms with Gasteiger partial charge in [0.25, 0.3) is 5.91 Å². The van der Waals surface area contributed by atoms with Gasteiger partial charge in [-0.2, -0.15) is 0 Å². The monoisotopic (exact) mass is 521 g/mol. The zero-order valence-corrected chi connectivity index (χ0v) is 20.2. The zero-order valence-electron chi connectivity index (χ0n) is 19.3. The van der Waals surface area contributed by atoms with Gasteiger partial charge in [0, 0.05) is 18.7 Å². The highest BCUT2D eigenvalue weighted by Crippen LogP contribution is 2.32. The van der Waals surface area contributed by atoms with E-state index in [1.807, 2.05) is 0 Å². The van der Waals surface area contributed by atoms with Crippen LogP contribution in [0.25, 0.3) is 0 Å².